The predicted octanol–water partition coefficient (Wildman–Crippen LogP) is 3.16. The van der Waals surface area contributed by atoms with E-state index in [0.717, 1.165) is 13.0 Å². The van der Waals surface area contributed by atoms with Gasteiger partial charge in [0.1, 0.15) is 0 Å². The molecule has 0 bridgehead atoms. The van der Waals surface area contributed by atoms with Gasteiger partial charge in [-0.1, -0.05) is 26.0 Å². The quantitative estimate of drug-likeness (QED) is 0.833. The molecule has 0 spiro atoms. The van der Waals surface area contributed by atoms with Gasteiger partial charge in [0.25, 0.3) is 0 Å². The van der Waals surface area contributed by atoms with Crippen LogP contribution in [0.4, 0.5) is 8.78 Å². The Labute approximate surface area is 95.9 Å². The van der Waals surface area contributed by atoms with Gasteiger partial charge in [-0.3, -0.25) is 0 Å². The van der Waals surface area contributed by atoms with Gasteiger partial charge in [0.05, 0.1) is 0 Å². The molecule has 1 nitrogen and oxygen atoms in total. The Bertz CT molecular complexity index is 372. The molecule has 1 rings (SSSR count). The van der Waals surface area contributed by atoms with E-state index in [9.17, 15) is 8.78 Å². The van der Waals surface area contributed by atoms with Crippen molar-refractivity contribution in [2.75, 3.05) is 13.6 Å². The number of nitrogens with one attached hydrogen (secondary N) is 1. The Morgan fingerprint density at radius 3 is 2.38 bits per heavy atom. The largest absolute Gasteiger partial charge is 0.320 e. The molecule has 1 N–H and O–H groups in total. The fourth-order valence-corrected chi connectivity index (χ4v) is 1.74. The Morgan fingerprint density at radius 2 is 1.81 bits per heavy atom. The van der Waals surface area contributed by atoms with E-state index >= 15 is 0 Å². The molecule has 0 saturated heterocycles. The maximum atomic E-state index is 13.8. The minimum Gasteiger partial charge on any atom is -0.320 e. The smallest absolute Gasteiger partial charge is 0.162 e. The topological polar surface area (TPSA) is 12.0 Å². The molecule has 1 aromatic rings. The van der Waals surface area contributed by atoms with Crippen LogP contribution in [0.3, 0.4) is 0 Å². The van der Waals surface area contributed by atoms with Crippen LogP contribution in [0.25, 0.3) is 0 Å². The molecule has 0 radical (unpaired) electrons. The van der Waals surface area contributed by atoms with Crippen molar-refractivity contribution in [3.8, 4) is 0 Å². The van der Waals surface area contributed by atoms with E-state index in [1.165, 1.54) is 0 Å². The molecular formula is C13H19F2N. The van der Waals surface area contributed by atoms with Gasteiger partial charge in [-0.2, -0.15) is 0 Å². The third kappa shape index (κ3) is 2.59. The third-order valence-corrected chi connectivity index (χ3v) is 3.00. The fraction of sp³-hybridized carbons (Fsp3) is 0.538. The summed E-state index contributed by atoms with van der Waals surface area (Å²) < 4.78 is 27.2. The van der Waals surface area contributed by atoms with Crippen LogP contribution in [0.5, 0.6) is 0 Å². The van der Waals surface area contributed by atoms with Gasteiger partial charge in [0, 0.05) is 0 Å². The monoisotopic (exact) mass is 227 g/mol. The summed E-state index contributed by atoms with van der Waals surface area (Å²) in [5.74, 6) is -1.43. The van der Waals surface area contributed by atoms with Crippen LogP contribution in [0, 0.1) is 18.6 Å². The Balaban J connectivity index is 3.08. The van der Waals surface area contributed by atoms with Crippen LogP contribution in [0.1, 0.15) is 31.4 Å². The predicted molar refractivity (Wildman–Crippen MR) is 62.7 cm³/mol. The first-order valence-corrected chi connectivity index (χ1v) is 5.50. The SMILES string of the molecule is CNCCC(C)(C)c1ccc(C)c(F)c1F. The molecule has 16 heavy (non-hydrogen) atoms. The first kappa shape index (κ1) is 13.1. The second kappa shape index (κ2) is 4.91. The summed E-state index contributed by atoms with van der Waals surface area (Å²) in [6.07, 6.45) is 0.767. The van der Waals surface area contributed by atoms with E-state index in [-0.39, 0.29) is 5.41 Å². The van der Waals surface area contributed by atoms with Gasteiger partial charge in [-0.05, 0) is 43.5 Å². The molecule has 0 amide bonds. The lowest BCUT2D eigenvalue weighted by molar-refractivity contribution is 0.419. The molecule has 0 aliphatic heterocycles. The summed E-state index contributed by atoms with van der Waals surface area (Å²) in [6.45, 7) is 6.21. The van der Waals surface area contributed by atoms with Crippen LogP contribution >= 0.6 is 0 Å². The van der Waals surface area contributed by atoms with Crippen molar-refractivity contribution < 1.29 is 8.78 Å². The molecule has 90 valence electrons. The van der Waals surface area contributed by atoms with Crippen molar-refractivity contribution >= 4 is 0 Å². The Kier molecular flexibility index (Phi) is 4.03. The zero-order valence-corrected chi connectivity index (χ0v) is 10.3. The van der Waals surface area contributed by atoms with Gasteiger partial charge >= 0.3 is 0 Å². The average molecular weight is 227 g/mol. The molecule has 0 unspecified atom stereocenters. The number of benzene rings is 1. The summed E-state index contributed by atoms with van der Waals surface area (Å²) >= 11 is 0. The Hall–Kier alpha value is -0.960. The number of halogens is 2. The van der Waals surface area contributed by atoms with Crippen LogP contribution in [-0.4, -0.2) is 13.6 Å². The molecular weight excluding hydrogens is 208 g/mol. The summed E-state index contributed by atoms with van der Waals surface area (Å²) in [4.78, 5) is 0. The van der Waals surface area contributed by atoms with Gasteiger partial charge in [0.15, 0.2) is 11.6 Å². The van der Waals surface area contributed by atoms with E-state index in [1.807, 2.05) is 20.9 Å². The van der Waals surface area contributed by atoms with Crippen molar-refractivity contribution in [3.63, 3.8) is 0 Å². The van der Waals surface area contributed by atoms with Crippen LogP contribution in [0.15, 0.2) is 12.1 Å². The van der Waals surface area contributed by atoms with Gasteiger partial charge in [-0.15, -0.1) is 0 Å². The maximum Gasteiger partial charge on any atom is 0.162 e. The van der Waals surface area contributed by atoms with Gasteiger partial charge in [-0.25, -0.2) is 8.78 Å². The van der Waals surface area contributed by atoms with Crippen molar-refractivity contribution in [1.29, 1.82) is 0 Å². The molecule has 0 saturated carbocycles. The summed E-state index contributed by atoms with van der Waals surface area (Å²) in [5.41, 5.74) is 0.443. The zero-order chi connectivity index (χ0) is 12.3. The molecule has 0 aliphatic rings. The molecule has 1 aromatic carbocycles. The minimum atomic E-state index is -0.727. The average Bonchev–Trinajstić information content (AvgIpc) is 2.23. The normalized spacial score (nSPS) is 11.9. The minimum absolute atomic E-state index is 0.352. The third-order valence-electron chi connectivity index (χ3n) is 3.00. The second-order valence-electron chi connectivity index (χ2n) is 4.80. The summed E-state index contributed by atoms with van der Waals surface area (Å²) in [7, 11) is 1.85. The maximum absolute atomic E-state index is 13.8. The lowest BCUT2D eigenvalue weighted by Gasteiger charge is -2.26. The van der Waals surface area contributed by atoms with Crippen molar-refractivity contribution in [2.45, 2.75) is 32.6 Å². The number of hydrogen-bond acceptors (Lipinski definition) is 1. The first-order chi connectivity index (χ1) is 7.40. The van der Waals surface area contributed by atoms with Crippen molar-refractivity contribution in [3.05, 3.63) is 34.9 Å². The zero-order valence-electron chi connectivity index (χ0n) is 10.3. The highest BCUT2D eigenvalue weighted by Gasteiger charge is 2.25. The number of hydrogen-bond donors (Lipinski definition) is 1. The Morgan fingerprint density at radius 1 is 1.19 bits per heavy atom. The molecule has 0 fully saturated rings. The lowest BCUT2D eigenvalue weighted by atomic mass is 9.81. The van der Waals surface area contributed by atoms with Gasteiger partial charge < -0.3 is 5.32 Å². The highest BCUT2D eigenvalue weighted by Crippen LogP contribution is 2.30. The molecule has 0 aromatic heterocycles. The van der Waals surface area contributed by atoms with Crippen LogP contribution < -0.4 is 5.32 Å². The standard InChI is InChI=1S/C13H19F2N/c1-9-5-6-10(12(15)11(9)14)13(2,3)7-8-16-4/h5-6,16H,7-8H2,1-4H3. The molecule has 0 aliphatic carbocycles. The lowest BCUT2D eigenvalue weighted by Crippen LogP contribution is -2.25. The molecule has 3 heteroatoms. The molecule has 0 atom stereocenters. The molecule has 0 heterocycles. The first-order valence-electron chi connectivity index (χ1n) is 5.50. The highest BCUT2D eigenvalue weighted by molar-refractivity contribution is 5.30. The van der Waals surface area contributed by atoms with E-state index in [4.69, 9.17) is 0 Å². The van der Waals surface area contributed by atoms with Crippen LogP contribution in [-0.2, 0) is 5.41 Å². The van der Waals surface area contributed by atoms with Crippen LogP contribution in [0.2, 0.25) is 0 Å². The fourth-order valence-electron chi connectivity index (χ4n) is 1.74. The van der Waals surface area contributed by atoms with Crippen molar-refractivity contribution in [2.24, 2.45) is 0 Å². The van der Waals surface area contributed by atoms with E-state index < -0.39 is 11.6 Å². The highest BCUT2D eigenvalue weighted by atomic mass is 19.2. The number of rotatable bonds is 4. The summed E-state index contributed by atoms with van der Waals surface area (Å²) in [6, 6.07) is 3.32. The van der Waals surface area contributed by atoms with Crippen molar-refractivity contribution in [1.82, 2.24) is 5.32 Å². The second-order valence-corrected chi connectivity index (χ2v) is 4.80. The number of aryl methyl sites for hydroxylation is 1. The van der Waals surface area contributed by atoms with Gasteiger partial charge in [0.2, 0.25) is 0 Å². The van der Waals surface area contributed by atoms with E-state index in [0.29, 0.717) is 11.1 Å². The summed E-state index contributed by atoms with van der Waals surface area (Å²) in [5, 5.41) is 3.02. The van der Waals surface area contributed by atoms with E-state index in [1.54, 1.807) is 19.1 Å². The van der Waals surface area contributed by atoms with E-state index in [2.05, 4.69) is 5.32 Å².